The molecule has 1 amide bonds. The van der Waals surface area contributed by atoms with Gasteiger partial charge in [0.15, 0.2) is 22.9 Å². The van der Waals surface area contributed by atoms with E-state index in [4.69, 9.17) is 4.74 Å². The molecule has 5 nitrogen and oxygen atoms in total. The number of thiazole rings is 1. The second-order valence-corrected chi connectivity index (χ2v) is 7.96. The van der Waals surface area contributed by atoms with Crippen LogP contribution in [0.15, 0.2) is 66.0 Å². The van der Waals surface area contributed by atoms with Crippen molar-refractivity contribution in [3.8, 4) is 11.3 Å². The SMILES string of the molecule is C[C@H](OC(=O)Cc1cccc2ccccc12)C(=O)Nc1nc(-c2ccc(F)c(F)c2)cs1. The van der Waals surface area contributed by atoms with Crippen LogP contribution in [0.3, 0.4) is 0 Å². The number of amides is 1. The van der Waals surface area contributed by atoms with E-state index in [0.29, 0.717) is 11.3 Å². The van der Waals surface area contributed by atoms with E-state index in [-0.39, 0.29) is 11.6 Å². The zero-order chi connectivity index (χ0) is 22.7. The van der Waals surface area contributed by atoms with Crippen molar-refractivity contribution in [1.82, 2.24) is 4.98 Å². The molecule has 0 unspecified atom stereocenters. The van der Waals surface area contributed by atoms with E-state index in [9.17, 15) is 18.4 Å². The van der Waals surface area contributed by atoms with E-state index >= 15 is 0 Å². The molecule has 0 aliphatic rings. The molecule has 0 aliphatic heterocycles. The van der Waals surface area contributed by atoms with Crippen LogP contribution in [0.2, 0.25) is 0 Å². The molecule has 0 aliphatic carbocycles. The van der Waals surface area contributed by atoms with E-state index < -0.39 is 29.6 Å². The lowest BCUT2D eigenvalue weighted by Crippen LogP contribution is -2.30. The van der Waals surface area contributed by atoms with Crippen LogP contribution in [0.4, 0.5) is 13.9 Å². The number of halogens is 2. The summed E-state index contributed by atoms with van der Waals surface area (Å²) in [5, 5.41) is 6.42. The highest BCUT2D eigenvalue weighted by Crippen LogP contribution is 2.26. The van der Waals surface area contributed by atoms with Gasteiger partial charge < -0.3 is 4.74 Å². The maximum Gasteiger partial charge on any atom is 0.311 e. The molecule has 1 aromatic heterocycles. The minimum absolute atomic E-state index is 0.0382. The van der Waals surface area contributed by atoms with E-state index in [1.165, 1.54) is 13.0 Å². The number of nitrogens with one attached hydrogen (secondary N) is 1. The number of hydrogen-bond acceptors (Lipinski definition) is 5. The number of carbonyl (C=O) groups excluding carboxylic acids is 2. The van der Waals surface area contributed by atoms with Crippen molar-refractivity contribution in [1.29, 1.82) is 0 Å². The Balaban J connectivity index is 1.37. The number of fused-ring (bicyclic) bond motifs is 1. The van der Waals surface area contributed by atoms with Gasteiger partial charge in [0.1, 0.15) is 0 Å². The van der Waals surface area contributed by atoms with Crippen molar-refractivity contribution in [2.75, 3.05) is 5.32 Å². The van der Waals surface area contributed by atoms with Crippen LogP contribution in [0.1, 0.15) is 12.5 Å². The van der Waals surface area contributed by atoms with Gasteiger partial charge in [0.2, 0.25) is 0 Å². The maximum absolute atomic E-state index is 13.4. The van der Waals surface area contributed by atoms with Gasteiger partial charge in [-0.2, -0.15) is 0 Å². The zero-order valence-corrected chi connectivity index (χ0v) is 17.8. The Morgan fingerprint density at radius 2 is 1.84 bits per heavy atom. The van der Waals surface area contributed by atoms with E-state index in [1.54, 1.807) is 5.38 Å². The summed E-state index contributed by atoms with van der Waals surface area (Å²) < 4.78 is 31.8. The van der Waals surface area contributed by atoms with Gasteiger partial charge in [-0.3, -0.25) is 14.9 Å². The summed E-state index contributed by atoms with van der Waals surface area (Å²) >= 11 is 1.12. The Kier molecular flexibility index (Phi) is 6.23. The Morgan fingerprint density at radius 1 is 1.06 bits per heavy atom. The molecule has 0 bridgehead atoms. The van der Waals surface area contributed by atoms with Crippen molar-refractivity contribution >= 4 is 39.1 Å². The van der Waals surface area contributed by atoms with Crippen molar-refractivity contribution in [2.24, 2.45) is 0 Å². The number of ether oxygens (including phenoxy) is 1. The van der Waals surface area contributed by atoms with Gasteiger partial charge in [-0.05, 0) is 41.5 Å². The molecule has 0 fully saturated rings. The fourth-order valence-corrected chi connectivity index (χ4v) is 3.94. The molecule has 0 radical (unpaired) electrons. The van der Waals surface area contributed by atoms with Crippen molar-refractivity contribution < 1.29 is 23.1 Å². The predicted octanol–water partition coefficient (Wildman–Crippen LogP) is 5.35. The van der Waals surface area contributed by atoms with Crippen LogP contribution in [0, 0.1) is 11.6 Å². The number of esters is 1. The van der Waals surface area contributed by atoms with Gasteiger partial charge in [0.05, 0.1) is 12.1 Å². The van der Waals surface area contributed by atoms with Crippen LogP contribution < -0.4 is 5.32 Å². The lowest BCUT2D eigenvalue weighted by atomic mass is 10.0. The summed E-state index contributed by atoms with van der Waals surface area (Å²) in [6, 6.07) is 16.8. The Hall–Kier alpha value is -3.65. The van der Waals surface area contributed by atoms with Gasteiger partial charge in [0, 0.05) is 10.9 Å². The highest BCUT2D eigenvalue weighted by Gasteiger charge is 2.20. The lowest BCUT2D eigenvalue weighted by Gasteiger charge is -2.13. The average Bonchev–Trinajstić information content (AvgIpc) is 3.24. The average molecular weight is 452 g/mol. The number of rotatable bonds is 6. The molecule has 3 aromatic carbocycles. The molecule has 8 heteroatoms. The Bertz CT molecular complexity index is 1300. The van der Waals surface area contributed by atoms with Gasteiger partial charge in [0.25, 0.3) is 5.91 Å². The van der Waals surface area contributed by atoms with Crippen LogP contribution >= 0.6 is 11.3 Å². The van der Waals surface area contributed by atoms with E-state index in [0.717, 1.165) is 39.8 Å². The first kappa shape index (κ1) is 21.6. The summed E-state index contributed by atoms with van der Waals surface area (Å²) in [5.41, 5.74) is 1.59. The minimum atomic E-state index is -1.03. The number of anilines is 1. The van der Waals surface area contributed by atoms with Crippen LogP contribution in [0.5, 0.6) is 0 Å². The third kappa shape index (κ3) is 4.81. The second-order valence-electron chi connectivity index (χ2n) is 7.10. The fraction of sp³-hybridized carbons (Fsp3) is 0.125. The summed E-state index contributed by atoms with van der Waals surface area (Å²) in [4.78, 5) is 29.0. The predicted molar refractivity (Wildman–Crippen MR) is 119 cm³/mol. The summed E-state index contributed by atoms with van der Waals surface area (Å²) in [7, 11) is 0. The van der Waals surface area contributed by atoms with Gasteiger partial charge in [-0.25, -0.2) is 13.8 Å². The van der Waals surface area contributed by atoms with Crippen molar-refractivity contribution in [2.45, 2.75) is 19.4 Å². The van der Waals surface area contributed by atoms with Gasteiger partial charge >= 0.3 is 5.97 Å². The number of benzene rings is 3. The molecule has 4 aromatic rings. The molecule has 0 saturated heterocycles. The van der Waals surface area contributed by atoms with E-state index in [1.807, 2.05) is 42.5 Å². The molecule has 4 rings (SSSR count). The fourth-order valence-electron chi connectivity index (χ4n) is 3.22. The number of nitrogens with zero attached hydrogens (tertiary/aromatic N) is 1. The van der Waals surface area contributed by atoms with Crippen LogP contribution in [-0.2, 0) is 20.7 Å². The zero-order valence-electron chi connectivity index (χ0n) is 17.0. The summed E-state index contributed by atoms with van der Waals surface area (Å²) in [6.07, 6.45) is -0.996. The standard InChI is InChI=1S/C24H18F2N2O3S/c1-14(31-22(29)12-16-7-4-6-15-5-2-3-8-18(15)16)23(30)28-24-27-21(13-32-24)17-9-10-19(25)20(26)11-17/h2-11,13-14H,12H2,1H3,(H,27,28,30)/t14-/m0/s1. The molecular formula is C24H18F2N2O3S. The maximum atomic E-state index is 13.4. The van der Waals surface area contributed by atoms with Crippen LogP contribution in [0.25, 0.3) is 22.0 Å². The topological polar surface area (TPSA) is 68.3 Å². The molecular weight excluding hydrogens is 434 g/mol. The van der Waals surface area contributed by atoms with Crippen LogP contribution in [-0.4, -0.2) is 23.0 Å². The smallest absolute Gasteiger partial charge is 0.311 e. The third-order valence-electron chi connectivity index (χ3n) is 4.84. The summed E-state index contributed by atoms with van der Waals surface area (Å²) in [6.45, 7) is 1.47. The number of hydrogen-bond donors (Lipinski definition) is 1. The normalized spacial score (nSPS) is 11.8. The molecule has 0 spiro atoms. The monoisotopic (exact) mass is 452 g/mol. The quantitative estimate of drug-likeness (QED) is 0.400. The minimum Gasteiger partial charge on any atom is -0.452 e. The molecule has 1 atom stereocenters. The van der Waals surface area contributed by atoms with Gasteiger partial charge in [-0.1, -0.05) is 42.5 Å². The third-order valence-corrected chi connectivity index (χ3v) is 5.60. The number of carbonyl (C=O) groups is 2. The largest absolute Gasteiger partial charge is 0.452 e. The molecule has 32 heavy (non-hydrogen) atoms. The van der Waals surface area contributed by atoms with Crippen molar-refractivity contribution in [3.63, 3.8) is 0 Å². The first-order valence-electron chi connectivity index (χ1n) is 9.78. The molecule has 162 valence electrons. The lowest BCUT2D eigenvalue weighted by molar-refractivity contribution is -0.152. The number of aromatic nitrogens is 1. The first-order chi connectivity index (χ1) is 15.4. The van der Waals surface area contributed by atoms with Gasteiger partial charge in [-0.15, -0.1) is 11.3 Å². The molecule has 1 N–H and O–H groups in total. The Labute approximate surface area is 186 Å². The summed E-state index contributed by atoms with van der Waals surface area (Å²) in [5.74, 6) is -2.99. The first-order valence-corrected chi connectivity index (χ1v) is 10.7. The Morgan fingerprint density at radius 3 is 2.66 bits per heavy atom. The highest BCUT2D eigenvalue weighted by atomic mass is 32.1. The molecule has 1 heterocycles. The highest BCUT2D eigenvalue weighted by molar-refractivity contribution is 7.14. The van der Waals surface area contributed by atoms with E-state index in [2.05, 4.69) is 10.3 Å². The van der Waals surface area contributed by atoms with Crippen molar-refractivity contribution in [3.05, 3.63) is 83.2 Å². The second kappa shape index (κ2) is 9.23. The molecule has 0 saturated carbocycles.